The Morgan fingerprint density at radius 2 is 1.95 bits per heavy atom. The van der Waals surface area contributed by atoms with Gasteiger partial charge in [0, 0.05) is 10.4 Å². The Bertz CT molecular complexity index is 777. The molecule has 1 aromatic heterocycles. The molecule has 0 amide bonds. The van der Waals surface area contributed by atoms with Gasteiger partial charge in [0.2, 0.25) is 0 Å². The second-order valence-electron chi connectivity index (χ2n) is 4.25. The molecule has 0 saturated carbocycles. The molecule has 0 radical (unpaired) electrons. The van der Waals surface area contributed by atoms with Crippen LogP contribution in [0.25, 0.3) is 0 Å². The number of hydrogen-bond acceptors (Lipinski definition) is 5. The third-order valence-corrected chi connectivity index (χ3v) is 5.20. The molecule has 110 valence electrons. The average Bonchev–Trinajstić information content (AvgIpc) is 2.74. The van der Waals surface area contributed by atoms with Crippen molar-refractivity contribution in [1.82, 2.24) is 4.98 Å². The summed E-state index contributed by atoms with van der Waals surface area (Å²) in [7, 11) is -3.65. The first-order chi connectivity index (χ1) is 9.92. The molecule has 0 unspecified atom stereocenters. The molecular weight excluding hydrogens is 308 g/mol. The smallest absolute Gasteiger partial charge is 0.263 e. The highest BCUT2D eigenvalue weighted by Gasteiger charge is 2.16. The fourth-order valence-electron chi connectivity index (χ4n) is 1.55. The monoisotopic (exact) mass is 322 g/mol. The van der Waals surface area contributed by atoms with Crippen LogP contribution in [0, 0.1) is 25.7 Å². The topological polar surface area (TPSA) is 79.3 Å². The highest BCUT2D eigenvalue weighted by molar-refractivity contribution is 7.93. The molecular formula is C14H14N2O3S2. The number of aliphatic hydroxyl groups is 1. The highest BCUT2D eigenvalue weighted by atomic mass is 32.2. The number of nitrogens with one attached hydrogen (secondary N) is 1. The first-order valence-electron chi connectivity index (χ1n) is 6.09. The first-order valence-corrected chi connectivity index (χ1v) is 8.39. The van der Waals surface area contributed by atoms with E-state index in [0.29, 0.717) is 10.7 Å². The van der Waals surface area contributed by atoms with E-state index >= 15 is 0 Å². The number of aryl methyl sites for hydroxylation is 2. The van der Waals surface area contributed by atoms with Gasteiger partial charge in [0.15, 0.2) is 5.13 Å². The molecule has 2 aromatic rings. The van der Waals surface area contributed by atoms with Crippen molar-refractivity contribution < 1.29 is 13.5 Å². The molecule has 0 spiro atoms. The Hall–Kier alpha value is -1.88. The maximum absolute atomic E-state index is 12.2. The Morgan fingerprint density at radius 3 is 2.48 bits per heavy atom. The van der Waals surface area contributed by atoms with Crippen molar-refractivity contribution in [2.24, 2.45) is 0 Å². The zero-order valence-corrected chi connectivity index (χ0v) is 13.2. The Balaban J connectivity index is 2.23. The average molecular weight is 322 g/mol. The quantitative estimate of drug-likeness (QED) is 0.846. The molecule has 1 heterocycles. The van der Waals surface area contributed by atoms with Gasteiger partial charge in [-0.15, -0.1) is 11.3 Å². The minimum atomic E-state index is -3.65. The van der Waals surface area contributed by atoms with E-state index in [4.69, 9.17) is 5.11 Å². The largest absolute Gasteiger partial charge is 0.384 e. The van der Waals surface area contributed by atoms with Crippen molar-refractivity contribution in [2.75, 3.05) is 11.3 Å². The molecule has 0 saturated heterocycles. The third kappa shape index (κ3) is 3.82. The van der Waals surface area contributed by atoms with Gasteiger partial charge in [0.1, 0.15) is 6.61 Å². The number of thiazole rings is 1. The first kappa shape index (κ1) is 15.5. The Morgan fingerprint density at radius 1 is 1.29 bits per heavy atom. The number of hydrogen-bond donors (Lipinski definition) is 2. The van der Waals surface area contributed by atoms with Gasteiger partial charge in [-0.3, -0.25) is 4.72 Å². The van der Waals surface area contributed by atoms with E-state index in [9.17, 15) is 8.42 Å². The van der Waals surface area contributed by atoms with Crippen LogP contribution in [0.4, 0.5) is 5.13 Å². The molecule has 2 rings (SSSR count). The molecule has 0 bridgehead atoms. The van der Waals surface area contributed by atoms with Crippen LogP contribution in [-0.2, 0) is 10.0 Å². The second-order valence-corrected chi connectivity index (χ2v) is 7.14. The van der Waals surface area contributed by atoms with Crippen molar-refractivity contribution in [3.05, 3.63) is 40.4 Å². The van der Waals surface area contributed by atoms with E-state index in [-0.39, 0.29) is 11.5 Å². The number of aromatic nitrogens is 1. The Labute approximate surface area is 127 Å². The van der Waals surface area contributed by atoms with Crippen LogP contribution in [0.3, 0.4) is 0 Å². The van der Waals surface area contributed by atoms with Crippen molar-refractivity contribution >= 4 is 26.5 Å². The van der Waals surface area contributed by atoms with Gasteiger partial charge >= 0.3 is 0 Å². The fourth-order valence-corrected chi connectivity index (χ4v) is 3.60. The van der Waals surface area contributed by atoms with E-state index in [1.165, 1.54) is 23.5 Å². The van der Waals surface area contributed by atoms with Gasteiger partial charge in [0.05, 0.1) is 10.6 Å². The summed E-state index contributed by atoms with van der Waals surface area (Å²) in [6, 6.07) is 6.12. The van der Waals surface area contributed by atoms with Crippen LogP contribution in [0.1, 0.15) is 16.1 Å². The zero-order chi connectivity index (χ0) is 15.5. The number of rotatable bonds is 3. The number of anilines is 1. The summed E-state index contributed by atoms with van der Waals surface area (Å²) in [5.74, 6) is 5.21. The van der Waals surface area contributed by atoms with Crippen molar-refractivity contribution in [1.29, 1.82) is 0 Å². The summed E-state index contributed by atoms with van der Waals surface area (Å²) in [5.41, 5.74) is 1.45. The molecule has 2 N–H and O–H groups in total. The summed E-state index contributed by atoms with van der Waals surface area (Å²) < 4.78 is 26.9. The predicted molar refractivity (Wildman–Crippen MR) is 82.8 cm³/mol. The number of sulfonamides is 1. The normalized spacial score (nSPS) is 10.8. The van der Waals surface area contributed by atoms with Gasteiger partial charge in [-0.1, -0.05) is 11.8 Å². The van der Waals surface area contributed by atoms with E-state index in [2.05, 4.69) is 21.5 Å². The van der Waals surface area contributed by atoms with Gasteiger partial charge in [-0.25, -0.2) is 13.4 Å². The van der Waals surface area contributed by atoms with Crippen molar-refractivity contribution in [2.45, 2.75) is 18.7 Å². The van der Waals surface area contributed by atoms with Crippen LogP contribution in [0.2, 0.25) is 0 Å². The van der Waals surface area contributed by atoms with Crippen LogP contribution in [0.15, 0.2) is 29.2 Å². The molecule has 0 aliphatic heterocycles. The maximum Gasteiger partial charge on any atom is 0.263 e. The molecule has 5 nitrogen and oxygen atoms in total. The molecule has 0 atom stereocenters. The van der Waals surface area contributed by atoms with Gasteiger partial charge < -0.3 is 5.11 Å². The number of nitrogens with zero attached hydrogens (tertiary/aromatic N) is 1. The maximum atomic E-state index is 12.2. The second kappa shape index (κ2) is 6.26. The van der Waals surface area contributed by atoms with Crippen molar-refractivity contribution in [3.63, 3.8) is 0 Å². The van der Waals surface area contributed by atoms with Crippen molar-refractivity contribution in [3.8, 4) is 11.8 Å². The summed E-state index contributed by atoms with van der Waals surface area (Å²) in [6.45, 7) is 3.49. The van der Waals surface area contributed by atoms with E-state index in [1.54, 1.807) is 12.1 Å². The van der Waals surface area contributed by atoms with Crippen LogP contribution >= 0.6 is 11.3 Å². The lowest BCUT2D eigenvalue weighted by Crippen LogP contribution is -2.12. The van der Waals surface area contributed by atoms with E-state index in [1.807, 2.05) is 13.8 Å². The van der Waals surface area contributed by atoms with Gasteiger partial charge in [0.25, 0.3) is 10.0 Å². The lowest BCUT2D eigenvalue weighted by molar-refractivity contribution is 0.350. The van der Waals surface area contributed by atoms with E-state index in [0.717, 1.165) is 10.6 Å². The molecule has 1 aromatic carbocycles. The summed E-state index contributed by atoms with van der Waals surface area (Å²) in [5, 5.41) is 8.97. The number of aliphatic hydroxyl groups excluding tert-OH is 1. The minimum Gasteiger partial charge on any atom is -0.384 e. The molecule has 0 fully saturated rings. The molecule has 0 aliphatic carbocycles. The number of benzene rings is 1. The highest BCUT2D eigenvalue weighted by Crippen LogP contribution is 2.24. The lowest BCUT2D eigenvalue weighted by Gasteiger charge is -2.04. The SMILES string of the molecule is Cc1nc(NS(=O)(=O)c2ccc(C#CCO)cc2)sc1C. The fraction of sp³-hybridized carbons (Fsp3) is 0.214. The van der Waals surface area contributed by atoms with Crippen LogP contribution in [-0.4, -0.2) is 25.1 Å². The lowest BCUT2D eigenvalue weighted by atomic mass is 10.2. The summed E-state index contributed by atoms with van der Waals surface area (Å²) in [6.07, 6.45) is 0. The minimum absolute atomic E-state index is 0.141. The summed E-state index contributed by atoms with van der Waals surface area (Å²) in [4.78, 5) is 5.27. The van der Waals surface area contributed by atoms with E-state index < -0.39 is 10.0 Å². The van der Waals surface area contributed by atoms with Gasteiger partial charge in [-0.05, 0) is 38.1 Å². The van der Waals surface area contributed by atoms with Gasteiger partial charge in [-0.2, -0.15) is 0 Å². The zero-order valence-electron chi connectivity index (χ0n) is 11.5. The van der Waals surface area contributed by atoms with Crippen LogP contribution in [0.5, 0.6) is 0 Å². The standard InChI is InChI=1S/C14H14N2O3S2/c1-10-11(2)20-14(15-10)16-21(18,19)13-7-5-12(6-8-13)4-3-9-17/h5-8,17H,9H2,1-2H3,(H,15,16). The third-order valence-electron chi connectivity index (χ3n) is 2.73. The predicted octanol–water partition coefficient (Wildman–Crippen LogP) is 1.90. The molecule has 7 heteroatoms. The van der Waals surface area contributed by atoms with Crippen LogP contribution < -0.4 is 4.72 Å². The Kier molecular flexibility index (Phi) is 4.63. The molecule has 0 aliphatic rings. The molecule has 21 heavy (non-hydrogen) atoms. The summed E-state index contributed by atoms with van der Waals surface area (Å²) >= 11 is 1.30.